The molecular weight excluding hydrogens is 202 g/mol. The summed E-state index contributed by atoms with van der Waals surface area (Å²) < 4.78 is 0. The minimum absolute atomic E-state index is 0.164. The van der Waals surface area contributed by atoms with Gasteiger partial charge in [-0.1, -0.05) is 18.2 Å². The zero-order valence-electron chi connectivity index (χ0n) is 8.87. The average molecular weight is 213 g/mol. The van der Waals surface area contributed by atoms with Gasteiger partial charge in [0, 0.05) is 23.0 Å². The lowest BCUT2D eigenvalue weighted by Gasteiger charge is -1.96. The second-order valence-electron chi connectivity index (χ2n) is 3.99. The van der Waals surface area contributed by atoms with E-state index < -0.39 is 0 Å². The molecule has 0 atom stereocenters. The largest absolute Gasteiger partial charge is 0.350 e. The molecule has 0 unspecified atom stereocenters. The molecule has 4 heteroatoms. The number of amides is 1. The zero-order valence-corrected chi connectivity index (χ0v) is 8.87. The highest BCUT2D eigenvalue weighted by atomic mass is 16.2. The molecule has 0 bridgehead atoms. The summed E-state index contributed by atoms with van der Waals surface area (Å²) in [6.07, 6.45) is 0.706. The summed E-state index contributed by atoms with van der Waals surface area (Å²) in [5, 5.41) is 5.10. The molecule has 1 aliphatic rings. The van der Waals surface area contributed by atoms with Crippen molar-refractivity contribution >= 4 is 22.5 Å². The summed E-state index contributed by atoms with van der Waals surface area (Å²) in [5.74, 6) is -0.164. The Morgan fingerprint density at radius 3 is 3.00 bits per heavy atom. The van der Waals surface area contributed by atoms with E-state index in [1.807, 2.05) is 31.2 Å². The summed E-state index contributed by atoms with van der Waals surface area (Å²) in [5.41, 5.74) is 6.10. The van der Waals surface area contributed by atoms with E-state index in [1.165, 1.54) is 0 Å². The number of aromatic amines is 1. The fourth-order valence-electron chi connectivity index (χ4n) is 2.07. The molecule has 3 rings (SSSR count). The van der Waals surface area contributed by atoms with Crippen LogP contribution in [0.2, 0.25) is 0 Å². The maximum Gasteiger partial charge on any atom is 0.288 e. The van der Waals surface area contributed by atoms with E-state index in [0.717, 1.165) is 22.2 Å². The molecule has 1 aromatic carbocycles. The van der Waals surface area contributed by atoms with E-state index in [0.29, 0.717) is 12.1 Å². The van der Waals surface area contributed by atoms with Crippen LogP contribution in [0.4, 0.5) is 0 Å². The zero-order chi connectivity index (χ0) is 11.1. The number of nitrogens with one attached hydrogen (secondary N) is 2. The third-order valence-corrected chi connectivity index (χ3v) is 2.82. The Balaban J connectivity index is 2.32. The average Bonchev–Trinajstić information content (AvgIpc) is 2.59. The first-order valence-electron chi connectivity index (χ1n) is 5.19. The summed E-state index contributed by atoms with van der Waals surface area (Å²) in [7, 11) is 0. The summed E-state index contributed by atoms with van der Waals surface area (Å²) in [4.78, 5) is 14.9. The highest BCUT2D eigenvalue weighted by Crippen LogP contribution is 2.24. The number of hydrogen-bond donors (Lipinski definition) is 2. The molecular formula is C12H11N3O. The lowest BCUT2D eigenvalue weighted by molar-refractivity contribution is 0.0951. The van der Waals surface area contributed by atoms with Gasteiger partial charge < -0.3 is 4.98 Å². The van der Waals surface area contributed by atoms with Crippen LogP contribution in [-0.2, 0) is 6.42 Å². The van der Waals surface area contributed by atoms with E-state index >= 15 is 0 Å². The normalized spacial score (nSPS) is 15.3. The first kappa shape index (κ1) is 9.15. The maximum atomic E-state index is 11.8. The second-order valence-corrected chi connectivity index (χ2v) is 3.99. The number of carbonyl (C=O) groups excluding carboxylic acids is 1. The topological polar surface area (TPSA) is 57.2 Å². The molecule has 4 nitrogen and oxygen atoms in total. The Kier molecular flexibility index (Phi) is 1.83. The van der Waals surface area contributed by atoms with Crippen molar-refractivity contribution in [2.45, 2.75) is 13.3 Å². The van der Waals surface area contributed by atoms with Gasteiger partial charge >= 0.3 is 0 Å². The quantitative estimate of drug-likeness (QED) is 0.689. The lowest BCUT2D eigenvalue weighted by Crippen LogP contribution is -2.17. The number of para-hydroxylation sites is 1. The van der Waals surface area contributed by atoms with Gasteiger partial charge in [-0.05, 0) is 18.6 Å². The molecule has 0 saturated heterocycles. The standard InChI is InChI=1S/C12H11N3O/c1-7-6-9-8-4-2-3-5-10(8)13-11(9)12(16)15-14-7/h2-5,13H,6H2,1H3,(H,15,16). The van der Waals surface area contributed by atoms with Crippen LogP contribution >= 0.6 is 0 Å². The van der Waals surface area contributed by atoms with E-state index in [4.69, 9.17) is 0 Å². The number of hydrazone groups is 1. The Bertz CT molecular complexity index is 610. The Labute approximate surface area is 92.4 Å². The van der Waals surface area contributed by atoms with Crippen molar-refractivity contribution in [2.75, 3.05) is 0 Å². The molecule has 1 amide bonds. The first-order valence-corrected chi connectivity index (χ1v) is 5.19. The number of hydrogen-bond acceptors (Lipinski definition) is 2. The van der Waals surface area contributed by atoms with Crippen LogP contribution in [0.1, 0.15) is 23.0 Å². The SMILES string of the molecule is CC1=NNC(=O)c2[nH]c3ccccc3c2C1. The van der Waals surface area contributed by atoms with Gasteiger partial charge in [-0.25, -0.2) is 5.43 Å². The smallest absolute Gasteiger partial charge is 0.288 e. The number of carbonyl (C=O) groups is 1. The van der Waals surface area contributed by atoms with Gasteiger partial charge in [-0.2, -0.15) is 5.10 Å². The van der Waals surface area contributed by atoms with Crippen LogP contribution in [0.25, 0.3) is 10.9 Å². The van der Waals surface area contributed by atoms with E-state index in [1.54, 1.807) is 0 Å². The Hall–Kier alpha value is -2.10. The number of fused-ring (bicyclic) bond motifs is 3. The minimum atomic E-state index is -0.164. The van der Waals surface area contributed by atoms with Crippen molar-refractivity contribution in [3.05, 3.63) is 35.5 Å². The van der Waals surface area contributed by atoms with Gasteiger partial charge in [0.25, 0.3) is 5.91 Å². The van der Waals surface area contributed by atoms with Gasteiger partial charge in [0.1, 0.15) is 5.69 Å². The molecule has 2 heterocycles. The number of nitrogens with zero attached hydrogens (tertiary/aromatic N) is 1. The van der Waals surface area contributed by atoms with Crippen molar-refractivity contribution in [1.29, 1.82) is 0 Å². The molecule has 1 aromatic heterocycles. The predicted octanol–water partition coefficient (Wildman–Crippen LogP) is 1.83. The fraction of sp³-hybridized carbons (Fsp3) is 0.167. The number of H-pyrrole nitrogens is 1. The van der Waals surface area contributed by atoms with Crippen LogP contribution in [0.15, 0.2) is 29.4 Å². The van der Waals surface area contributed by atoms with E-state index in [2.05, 4.69) is 15.5 Å². The second kappa shape index (κ2) is 3.20. The monoisotopic (exact) mass is 213 g/mol. The third kappa shape index (κ3) is 1.23. The summed E-state index contributed by atoms with van der Waals surface area (Å²) >= 11 is 0. The van der Waals surface area contributed by atoms with Gasteiger partial charge in [0.15, 0.2) is 0 Å². The van der Waals surface area contributed by atoms with E-state index in [-0.39, 0.29) is 5.91 Å². The Morgan fingerprint density at radius 1 is 1.31 bits per heavy atom. The molecule has 0 aliphatic carbocycles. The van der Waals surface area contributed by atoms with Crippen molar-refractivity contribution in [3.63, 3.8) is 0 Å². The molecule has 2 aromatic rings. The molecule has 80 valence electrons. The molecule has 1 aliphatic heterocycles. The summed E-state index contributed by atoms with van der Waals surface area (Å²) in [6, 6.07) is 7.93. The summed E-state index contributed by atoms with van der Waals surface area (Å²) in [6.45, 7) is 1.91. The highest BCUT2D eigenvalue weighted by molar-refractivity contribution is 6.05. The molecule has 0 spiro atoms. The maximum absolute atomic E-state index is 11.8. The number of aromatic nitrogens is 1. The van der Waals surface area contributed by atoms with Gasteiger partial charge in [0.05, 0.1) is 0 Å². The molecule has 16 heavy (non-hydrogen) atoms. The number of rotatable bonds is 0. The van der Waals surface area contributed by atoms with Crippen LogP contribution < -0.4 is 5.43 Å². The first-order chi connectivity index (χ1) is 7.75. The number of benzene rings is 1. The fourth-order valence-corrected chi connectivity index (χ4v) is 2.07. The van der Waals surface area contributed by atoms with Crippen molar-refractivity contribution < 1.29 is 4.79 Å². The van der Waals surface area contributed by atoms with Crippen LogP contribution in [-0.4, -0.2) is 16.6 Å². The van der Waals surface area contributed by atoms with Crippen molar-refractivity contribution in [1.82, 2.24) is 10.4 Å². The lowest BCUT2D eigenvalue weighted by atomic mass is 10.1. The van der Waals surface area contributed by atoms with Gasteiger partial charge in [0.2, 0.25) is 0 Å². The highest BCUT2D eigenvalue weighted by Gasteiger charge is 2.20. The van der Waals surface area contributed by atoms with Crippen molar-refractivity contribution in [2.24, 2.45) is 5.10 Å². The third-order valence-electron chi connectivity index (χ3n) is 2.82. The molecule has 0 fully saturated rings. The molecule has 0 radical (unpaired) electrons. The minimum Gasteiger partial charge on any atom is -0.350 e. The van der Waals surface area contributed by atoms with Gasteiger partial charge in [-0.3, -0.25) is 4.79 Å². The predicted molar refractivity (Wildman–Crippen MR) is 62.6 cm³/mol. The van der Waals surface area contributed by atoms with E-state index in [9.17, 15) is 4.79 Å². The van der Waals surface area contributed by atoms with Crippen molar-refractivity contribution in [3.8, 4) is 0 Å². The molecule has 2 N–H and O–H groups in total. The molecule has 0 saturated carbocycles. The van der Waals surface area contributed by atoms with Crippen LogP contribution in [0, 0.1) is 0 Å². The Morgan fingerprint density at radius 2 is 2.12 bits per heavy atom. The van der Waals surface area contributed by atoms with Gasteiger partial charge in [-0.15, -0.1) is 0 Å². The van der Waals surface area contributed by atoms with Crippen LogP contribution in [0.3, 0.4) is 0 Å². The van der Waals surface area contributed by atoms with Crippen LogP contribution in [0.5, 0.6) is 0 Å².